The lowest BCUT2D eigenvalue weighted by molar-refractivity contribution is -0.0915. The molecule has 0 saturated heterocycles. The van der Waals surface area contributed by atoms with Crippen LogP contribution in [0.3, 0.4) is 0 Å². The van der Waals surface area contributed by atoms with Crippen molar-refractivity contribution in [3.8, 4) is 0 Å². The average molecular weight is 240 g/mol. The summed E-state index contributed by atoms with van der Waals surface area (Å²) >= 11 is 0. The fourth-order valence-corrected chi connectivity index (χ4v) is 4.32. The van der Waals surface area contributed by atoms with E-state index in [4.69, 9.17) is 0 Å². The van der Waals surface area contributed by atoms with Crippen LogP contribution in [0, 0.1) is 10.8 Å². The first kappa shape index (κ1) is 15.0. The molecule has 1 fully saturated rings. The van der Waals surface area contributed by atoms with Crippen LogP contribution in [0.2, 0.25) is 0 Å². The van der Waals surface area contributed by atoms with E-state index in [9.17, 15) is 5.11 Å². The minimum Gasteiger partial charge on any atom is -0.390 e. The number of aliphatic hydroxyl groups is 1. The topological polar surface area (TPSA) is 20.2 Å². The van der Waals surface area contributed by atoms with E-state index in [2.05, 4.69) is 34.6 Å². The molecule has 0 bridgehead atoms. The lowest BCUT2D eigenvalue weighted by Crippen LogP contribution is -2.46. The molecule has 17 heavy (non-hydrogen) atoms. The summed E-state index contributed by atoms with van der Waals surface area (Å²) in [6, 6.07) is 0. The third-order valence-electron chi connectivity index (χ3n) is 4.07. The normalized spacial score (nSPS) is 25.8. The third-order valence-corrected chi connectivity index (χ3v) is 4.07. The van der Waals surface area contributed by atoms with Crippen LogP contribution >= 0.6 is 0 Å². The van der Waals surface area contributed by atoms with E-state index in [0.717, 1.165) is 19.3 Å². The molecule has 0 aromatic heterocycles. The van der Waals surface area contributed by atoms with Crippen LogP contribution in [0.25, 0.3) is 0 Å². The molecule has 1 aliphatic carbocycles. The highest BCUT2D eigenvalue weighted by Crippen LogP contribution is 2.51. The van der Waals surface area contributed by atoms with Crippen molar-refractivity contribution in [2.45, 2.75) is 91.6 Å². The standard InChI is InChI=1S/C16H32O/c1-6-7-8-9-10-16(17)12-14(2,3)11-15(4,5)13-16/h17H,6-13H2,1-5H3. The SMILES string of the molecule is CCCCCCC1(O)CC(C)(C)CC(C)(C)C1. The highest BCUT2D eigenvalue weighted by molar-refractivity contribution is 4.97. The van der Waals surface area contributed by atoms with Gasteiger partial charge in [-0.2, -0.15) is 0 Å². The van der Waals surface area contributed by atoms with Crippen molar-refractivity contribution < 1.29 is 5.11 Å². The first-order valence-corrected chi connectivity index (χ1v) is 7.41. The Bertz CT molecular complexity index is 224. The third kappa shape index (κ3) is 4.99. The van der Waals surface area contributed by atoms with Crippen molar-refractivity contribution in [3.05, 3.63) is 0 Å². The predicted molar refractivity (Wildman–Crippen MR) is 75.1 cm³/mol. The van der Waals surface area contributed by atoms with Crippen molar-refractivity contribution in [3.63, 3.8) is 0 Å². The first-order valence-electron chi connectivity index (χ1n) is 7.41. The second-order valence-corrected chi connectivity index (χ2v) is 7.89. The number of unbranched alkanes of at least 4 members (excludes halogenated alkanes) is 3. The summed E-state index contributed by atoms with van der Waals surface area (Å²) in [6.45, 7) is 11.5. The fourth-order valence-electron chi connectivity index (χ4n) is 4.32. The smallest absolute Gasteiger partial charge is 0.0658 e. The molecular formula is C16H32O. The van der Waals surface area contributed by atoms with E-state index in [1.165, 1.54) is 32.1 Å². The molecule has 0 aliphatic heterocycles. The largest absolute Gasteiger partial charge is 0.390 e. The van der Waals surface area contributed by atoms with Crippen LogP contribution in [0.4, 0.5) is 0 Å². The van der Waals surface area contributed by atoms with E-state index >= 15 is 0 Å². The molecule has 1 heteroatoms. The maximum absolute atomic E-state index is 10.8. The van der Waals surface area contributed by atoms with Gasteiger partial charge in [0.05, 0.1) is 5.60 Å². The van der Waals surface area contributed by atoms with Gasteiger partial charge in [0.2, 0.25) is 0 Å². The Morgan fingerprint density at radius 2 is 1.35 bits per heavy atom. The van der Waals surface area contributed by atoms with Gasteiger partial charge >= 0.3 is 0 Å². The molecule has 0 aromatic rings. The second-order valence-electron chi connectivity index (χ2n) is 7.89. The van der Waals surface area contributed by atoms with Gasteiger partial charge in [0.25, 0.3) is 0 Å². The van der Waals surface area contributed by atoms with Gasteiger partial charge in [0.15, 0.2) is 0 Å². The van der Waals surface area contributed by atoms with E-state index in [1.54, 1.807) is 0 Å². The van der Waals surface area contributed by atoms with Crippen LogP contribution in [0.15, 0.2) is 0 Å². The summed E-state index contributed by atoms with van der Waals surface area (Å²) in [5.74, 6) is 0. The fraction of sp³-hybridized carbons (Fsp3) is 1.00. The summed E-state index contributed by atoms with van der Waals surface area (Å²) in [6.07, 6.45) is 9.25. The van der Waals surface area contributed by atoms with Gasteiger partial charge in [-0.3, -0.25) is 0 Å². The molecule has 0 heterocycles. The van der Waals surface area contributed by atoms with E-state index in [0.29, 0.717) is 10.8 Å². The lowest BCUT2D eigenvalue weighted by Gasteiger charge is -2.49. The Labute approximate surface area is 108 Å². The van der Waals surface area contributed by atoms with Crippen molar-refractivity contribution in [1.82, 2.24) is 0 Å². The van der Waals surface area contributed by atoms with E-state index in [1.807, 2.05) is 0 Å². The summed E-state index contributed by atoms with van der Waals surface area (Å²) in [5, 5.41) is 10.8. The van der Waals surface area contributed by atoms with Crippen molar-refractivity contribution in [2.24, 2.45) is 10.8 Å². The molecule has 0 spiro atoms. The van der Waals surface area contributed by atoms with E-state index < -0.39 is 5.60 Å². The Hall–Kier alpha value is -0.0400. The monoisotopic (exact) mass is 240 g/mol. The van der Waals surface area contributed by atoms with Gasteiger partial charge in [-0.25, -0.2) is 0 Å². The highest BCUT2D eigenvalue weighted by atomic mass is 16.3. The number of hydrogen-bond acceptors (Lipinski definition) is 1. The molecule has 0 atom stereocenters. The van der Waals surface area contributed by atoms with Gasteiger partial charge < -0.3 is 5.11 Å². The molecule has 1 nitrogen and oxygen atoms in total. The maximum atomic E-state index is 10.8. The predicted octanol–water partition coefficient (Wildman–Crippen LogP) is 4.92. The average Bonchev–Trinajstić information content (AvgIpc) is 2.06. The molecule has 1 rings (SSSR count). The van der Waals surface area contributed by atoms with E-state index in [-0.39, 0.29) is 0 Å². The summed E-state index contributed by atoms with van der Waals surface area (Å²) in [7, 11) is 0. The van der Waals surface area contributed by atoms with Gasteiger partial charge in [-0.15, -0.1) is 0 Å². The Morgan fingerprint density at radius 3 is 1.82 bits per heavy atom. The van der Waals surface area contributed by atoms with Crippen molar-refractivity contribution >= 4 is 0 Å². The van der Waals surface area contributed by atoms with Crippen molar-refractivity contribution in [2.75, 3.05) is 0 Å². The second kappa shape index (κ2) is 5.30. The van der Waals surface area contributed by atoms with Gasteiger partial charge in [-0.05, 0) is 36.5 Å². The Kier molecular flexibility index (Phi) is 4.68. The Morgan fingerprint density at radius 1 is 0.824 bits per heavy atom. The highest BCUT2D eigenvalue weighted by Gasteiger charge is 2.45. The van der Waals surface area contributed by atoms with Gasteiger partial charge in [0, 0.05) is 0 Å². The molecule has 102 valence electrons. The zero-order chi connectivity index (χ0) is 13.2. The molecule has 1 saturated carbocycles. The molecule has 0 radical (unpaired) electrons. The summed E-state index contributed by atoms with van der Waals surface area (Å²) in [5.41, 5.74) is 0.182. The molecule has 1 N–H and O–H groups in total. The molecular weight excluding hydrogens is 208 g/mol. The quantitative estimate of drug-likeness (QED) is 0.676. The zero-order valence-corrected chi connectivity index (χ0v) is 12.6. The van der Waals surface area contributed by atoms with Crippen molar-refractivity contribution in [1.29, 1.82) is 0 Å². The maximum Gasteiger partial charge on any atom is 0.0658 e. The van der Waals surface area contributed by atoms with Crippen LogP contribution in [-0.4, -0.2) is 10.7 Å². The summed E-state index contributed by atoms with van der Waals surface area (Å²) in [4.78, 5) is 0. The molecule has 0 amide bonds. The van der Waals surface area contributed by atoms with Gasteiger partial charge in [-0.1, -0.05) is 60.3 Å². The van der Waals surface area contributed by atoms with Crippen LogP contribution in [0.1, 0.15) is 86.0 Å². The van der Waals surface area contributed by atoms with Crippen LogP contribution in [0.5, 0.6) is 0 Å². The lowest BCUT2D eigenvalue weighted by atomic mass is 9.59. The minimum atomic E-state index is -0.404. The van der Waals surface area contributed by atoms with Crippen LogP contribution < -0.4 is 0 Å². The number of hydrogen-bond donors (Lipinski definition) is 1. The first-order chi connectivity index (χ1) is 7.68. The number of rotatable bonds is 5. The molecule has 0 unspecified atom stereocenters. The summed E-state index contributed by atoms with van der Waals surface area (Å²) < 4.78 is 0. The molecule has 0 aromatic carbocycles. The minimum absolute atomic E-state index is 0.293. The molecule has 1 aliphatic rings. The zero-order valence-electron chi connectivity index (χ0n) is 12.6. The Balaban J connectivity index is 2.55. The van der Waals surface area contributed by atoms with Crippen LogP contribution in [-0.2, 0) is 0 Å². The van der Waals surface area contributed by atoms with Gasteiger partial charge in [0.1, 0.15) is 0 Å².